The Balaban J connectivity index is 1.93. The van der Waals surface area contributed by atoms with Crippen LogP contribution in [0.2, 0.25) is 0 Å². The Morgan fingerprint density at radius 3 is 2.59 bits per heavy atom. The van der Waals surface area contributed by atoms with Gasteiger partial charge in [0, 0.05) is 11.4 Å². The van der Waals surface area contributed by atoms with Crippen LogP contribution >= 0.6 is 27.3 Å². The standard InChI is InChI=1S/C20H19BrN2O5S/c1-3-27-19(25)16-14-5-4-6-15(17(14)29-18(16)22-11(2)24)23-20(26)28-13-9-7-12(21)8-10-13/h7-10H,3-6H2,1-2H3,(H,22,24). The van der Waals surface area contributed by atoms with Gasteiger partial charge in [0.05, 0.1) is 22.8 Å². The second-order valence-electron chi connectivity index (χ2n) is 6.25. The number of thiophene rings is 1. The average molecular weight is 479 g/mol. The number of nitrogens with one attached hydrogen (secondary N) is 1. The smallest absolute Gasteiger partial charge is 0.439 e. The number of esters is 1. The van der Waals surface area contributed by atoms with Gasteiger partial charge in [-0.05, 0) is 56.0 Å². The van der Waals surface area contributed by atoms with E-state index in [1.165, 1.54) is 18.3 Å². The number of rotatable bonds is 4. The van der Waals surface area contributed by atoms with Gasteiger partial charge in [-0.25, -0.2) is 9.59 Å². The number of aliphatic imine (C=N–C) groups is 1. The molecule has 152 valence electrons. The summed E-state index contributed by atoms with van der Waals surface area (Å²) in [4.78, 5) is 41.2. The molecule has 2 amide bonds. The number of benzene rings is 1. The zero-order chi connectivity index (χ0) is 21.0. The molecule has 0 saturated heterocycles. The van der Waals surface area contributed by atoms with E-state index in [0.717, 1.165) is 16.5 Å². The van der Waals surface area contributed by atoms with Crippen LogP contribution in [0.15, 0.2) is 33.7 Å². The molecule has 1 aliphatic rings. The Kier molecular flexibility index (Phi) is 6.81. The van der Waals surface area contributed by atoms with E-state index >= 15 is 0 Å². The van der Waals surface area contributed by atoms with Crippen molar-refractivity contribution in [2.45, 2.75) is 33.1 Å². The molecule has 7 nitrogen and oxygen atoms in total. The normalized spacial score (nSPS) is 14.2. The van der Waals surface area contributed by atoms with Crippen molar-refractivity contribution >= 4 is 55.9 Å². The molecular weight excluding hydrogens is 460 g/mol. The lowest BCUT2D eigenvalue weighted by Gasteiger charge is -2.14. The predicted octanol–water partition coefficient (Wildman–Crippen LogP) is 4.97. The Morgan fingerprint density at radius 1 is 1.21 bits per heavy atom. The molecule has 29 heavy (non-hydrogen) atoms. The van der Waals surface area contributed by atoms with Gasteiger partial charge in [0.1, 0.15) is 10.8 Å². The van der Waals surface area contributed by atoms with Gasteiger partial charge in [-0.1, -0.05) is 15.9 Å². The number of ether oxygens (including phenoxy) is 2. The van der Waals surface area contributed by atoms with Crippen molar-refractivity contribution in [3.05, 3.63) is 44.7 Å². The molecule has 0 radical (unpaired) electrons. The lowest BCUT2D eigenvalue weighted by molar-refractivity contribution is -0.114. The lowest BCUT2D eigenvalue weighted by atomic mass is 9.94. The summed E-state index contributed by atoms with van der Waals surface area (Å²) < 4.78 is 11.3. The van der Waals surface area contributed by atoms with Gasteiger partial charge in [-0.15, -0.1) is 11.3 Å². The first-order valence-corrected chi connectivity index (χ1v) is 10.7. The monoisotopic (exact) mass is 478 g/mol. The maximum atomic E-state index is 12.5. The van der Waals surface area contributed by atoms with Crippen LogP contribution in [-0.2, 0) is 16.0 Å². The van der Waals surface area contributed by atoms with Crippen molar-refractivity contribution < 1.29 is 23.9 Å². The highest BCUT2D eigenvalue weighted by Crippen LogP contribution is 2.39. The topological polar surface area (TPSA) is 94.1 Å². The number of anilines is 1. The molecule has 0 spiro atoms. The maximum absolute atomic E-state index is 12.5. The van der Waals surface area contributed by atoms with E-state index in [0.29, 0.717) is 39.7 Å². The largest absolute Gasteiger partial charge is 0.462 e. The number of hydrogen-bond donors (Lipinski definition) is 1. The molecule has 9 heteroatoms. The van der Waals surface area contributed by atoms with Crippen LogP contribution in [0, 0.1) is 0 Å². The number of nitrogens with zero attached hydrogens (tertiary/aromatic N) is 1. The number of carbonyl (C=O) groups is 3. The minimum Gasteiger partial charge on any atom is -0.462 e. The van der Waals surface area contributed by atoms with Gasteiger partial charge < -0.3 is 14.8 Å². The minimum absolute atomic E-state index is 0.226. The van der Waals surface area contributed by atoms with Crippen LogP contribution < -0.4 is 10.1 Å². The molecule has 1 heterocycles. The summed E-state index contributed by atoms with van der Waals surface area (Å²) in [6, 6.07) is 6.85. The molecule has 1 N–H and O–H groups in total. The SMILES string of the molecule is CCOC(=O)c1c(NC(C)=O)sc2c1CCCC2=NC(=O)Oc1ccc(Br)cc1. The molecular formula is C20H19BrN2O5S. The summed E-state index contributed by atoms with van der Waals surface area (Å²) in [5.41, 5.74) is 1.63. The van der Waals surface area contributed by atoms with Gasteiger partial charge in [0.15, 0.2) is 0 Å². The van der Waals surface area contributed by atoms with Gasteiger partial charge >= 0.3 is 12.1 Å². The summed E-state index contributed by atoms with van der Waals surface area (Å²) >= 11 is 4.55. The third-order valence-electron chi connectivity index (χ3n) is 4.12. The molecule has 0 saturated carbocycles. The van der Waals surface area contributed by atoms with Crippen LogP contribution in [0.25, 0.3) is 0 Å². The molecule has 0 unspecified atom stereocenters. The van der Waals surface area contributed by atoms with Crippen molar-refractivity contribution in [3.63, 3.8) is 0 Å². The lowest BCUT2D eigenvalue weighted by Crippen LogP contribution is -2.16. The van der Waals surface area contributed by atoms with Gasteiger partial charge in [-0.2, -0.15) is 4.99 Å². The number of amides is 2. The van der Waals surface area contributed by atoms with Crippen molar-refractivity contribution in [3.8, 4) is 5.75 Å². The second-order valence-corrected chi connectivity index (χ2v) is 8.19. The minimum atomic E-state index is -0.734. The number of carbonyl (C=O) groups excluding carboxylic acids is 3. The molecule has 0 bridgehead atoms. The summed E-state index contributed by atoms with van der Waals surface area (Å²) in [6.45, 7) is 3.32. The summed E-state index contributed by atoms with van der Waals surface area (Å²) in [7, 11) is 0. The van der Waals surface area contributed by atoms with Crippen molar-refractivity contribution in [2.75, 3.05) is 11.9 Å². The second kappa shape index (κ2) is 9.32. The van der Waals surface area contributed by atoms with Crippen LogP contribution in [0.3, 0.4) is 0 Å². The van der Waals surface area contributed by atoms with E-state index in [9.17, 15) is 14.4 Å². The highest BCUT2D eigenvalue weighted by Gasteiger charge is 2.30. The molecule has 1 aromatic carbocycles. The quantitative estimate of drug-likeness (QED) is 0.625. The fourth-order valence-corrected chi connectivity index (χ4v) is 4.56. The molecule has 0 aliphatic heterocycles. The highest BCUT2D eigenvalue weighted by molar-refractivity contribution is 9.10. The maximum Gasteiger partial charge on any atom is 0.439 e. The molecule has 1 aromatic heterocycles. The summed E-state index contributed by atoms with van der Waals surface area (Å²) in [5, 5.41) is 3.11. The Hall–Kier alpha value is -2.52. The predicted molar refractivity (Wildman–Crippen MR) is 114 cm³/mol. The van der Waals surface area contributed by atoms with Crippen LogP contribution in [0.4, 0.5) is 9.80 Å². The Labute approximate surface area is 180 Å². The van der Waals surface area contributed by atoms with Gasteiger partial charge in [-0.3, -0.25) is 4.79 Å². The first-order valence-electron chi connectivity index (χ1n) is 9.04. The Bertz CT molecular complexity index is 982. The molecule has 1 aliphatic carbocycles. The van der Waals surface area contributed by atoms with Gasteiger partial charge in [0.25, 0.3) is 0 Å². The first kappa shape index (κ1) is 21.2. The number of fused-ring (bicyclic) bond motifs is 1. The van der Waals surface area contributed by atoms with Crippen molar-refractivity contribution in [1.82, 2.24) is 0 Å². The number of halogens is 1. The highest BCUT2D eigenvalue weighted by atomic mass is 79.9. The number of hydrogen-bond acceptors (Lipinski definition) is 6. The van der Waals surface area contributed by atoms with Crippen LogP contribution in [0.1, 0.15) is 47.5 Å². The van der Waals surface area contributed by atoms with Crippen LogP contribution in [-0.4, -0.2) is 30.3 Å². The van der Waals surface area contributed by atoms with Crippen LogP contribution in [0.5, 0.6) is 5.75 Å². The fraction of sp³-hybridized carbons (Fsp3) is 0.300. The molecule has 2 aromatic rings. The van der Waals surface area contributed by atoms with Crippen molar-refractivity contribution in [1.29, 1.82) is 0 Å². The molecule has 0 atom stereocenters. The fourth-order valence-electron chi connectivity index (χ4n) is 2.99. The molecule has 0 fully saturated rings. The van der Waals surface area contributed by atoms with E-state index < -0.39 is 12.1 Å². The van der Waals surface area contributed by atoms with E-state index in [2.05, 4.69) is 26.2 Å². The first-order chi connectivity index (χ1) is 13.9. The third kappa shape index (κ3) is 5.10. The third-order valence-corrected chi connectivity index (χ3v) is 5.85. The van der Waals surface area contributed by atoms with E-state index in [1.54, 1.807) is 31.2 Å². The van der Waals surface area contributed by atoms with Crippen molar-refractivity contribution in [2.24, 2.45) is 4.99 Å². The zero-order valence-electron chi connectivity index (χ0n) is 15.9. The Morgan fingerprint density at radius 2 is 1.93 bits per heavy atom. The zero-order valence-corrected chi connectivity index (χ0v) is 18.3. The van der Waals surface area contributed by atoms with E-state index in [4.69, 9.17) is 9.47 Å². The van der Waals surface area contributed by atoms with E-state index in [-0.39, 0.29) is 12.5 Å². The molecule has 3 rings (SSSR count). The summed E-state index contributed by atoms with van der Waals surface area (Å²) in [5.74, 6) is -0.398. The van der Waals surface area contributed by atoms with E-state index in [1.807, 2.05) is 0 Å². The summed E-state index contributed by atoms with van der Waals surface area (Å²) in [6.07, 6.45) is 1.20. The average Bonchev–Trinajstić information content (AvgIpc) is 3.02. The van der Waals surface area contributed by atoms with Gasteiger partial charge in [0.2, 0.25) is 5.91 Å².